The highest BCUT2D eigenvalue weighted by atomic mass is 28.4. The third-order valence-electron chi connectivity index (χ3n) is 16.5. The van der Waals surface area contributed by atoms with Crippen LogP contribution in [0.15, 0.2) is 72.3 Å². The largest absolute Gasteiger partial charge is 0.405 e. The van der Waals surface area contributed by atoms with Crippen molar-refractivity contribution in [2.24, 2.45) is 46.8 Å². The summed E-state index contributed by atoms with van der Waals surface area (Å²) in [5, 5.41) is 2.53. The standard InChI is InChI=1S/C54H85NO5Si/c1-41(2)15-14-16-42(3)48-23-24-50-49(48)25-26-52-51(50)22-21-43-39-44(27-29-54(43,52)7)58-37-35-57-36-38-59-45(28-30-55-31-33-56-34-32-55)40-60-61(53(4,5)6,46-17-10-8-11-18-46)47-19-12-9-13-20-47/h8-13,17-21,41-42,44-45,48-52H,14-16,22-40H2,1-7H3/t42-,44?,45?,48-,49?,50-,51+,52+,54+/m1/s1. The van der Waals surface area contributed by atoms with Crippen molar-refractivity contribution in [1.29, 1.82) is 0 Å². The highest BCUT2D eigenvalue weighted by molar-refractivity contribution is 6.99. The summed E-state index contributed by atoms with van der Waals surface area (Å²) >= 11 is 0. The fraction of sp³-hybridized carbons (Fsp3) is 0.741. The molecule has 1 aliphatic heterocycles. The van der Waals surface area contributed by atoms with Gasteiger partial charge in [-0.15, -0.1) is 0 Å². The number of hydrogen-bond acceptors (Lipinski definition) is 6. The van der Waals surface area contributed by atoms with Crippen LogP contribution in [0.3, 0.4) is 0 Å². The third kappa shape index (κ3) is 11.3. The second-order valence-corrected chi connectivity index (χ2v) is 26.0. The summed E-state index contributed by atoms with van der Waals surface area (Å²) in [6.45, 7) is 24.5. The van der Waals surface area contributed by atoms with E-state index in [1.54, 1.807) is 5.57 Å². The average molecular weight is 856 g/mol. The fourth-order valence-electron chi connectivity index (χ4n) is 13.2. The first-order valence-corrected chi connectivity index (χ1v) is 27.0. The van der Waals surface area contributed by atoms with E-state index in [0.29, 0.717) is 44.6 Å². The van der Waals surface area contributed by atoms with Crippen LogP contribution in [0, 0.1) is 46.8 Å². The average Bonchev–Trinajstić information content (AvgIpc) is 3.70. The smallest absolute Gasteiger partial charge is 0.261 e. The van der Waals surface area contributed by atoms with E-state index >= 15 is 0 Å². The number of allylic oxidation sites excluding steroid dienone is 1. The minimum atomic E-state index is -2.67. The Bertz CT molecular complexity index is 1580. The van der Waals surface area contributed by atoms with E-state index in [4.69, 9.17) is 23.4 Å². The Hall–Kier alpha value is -1.84. The lowest BCUT2D eigenvalue weighted by Crippen LogP contribution is -2.67. The Morgan fingerprint density at radius 1 is 0.787 bits per heavy atom. The van der Waals surface area contributed by atoms with Crippen molar-refractivity contribution in [2.75, 3.05) is 65.9 Å². The molecule has 0 aromatic heterocycles. The molecule has 340 valence electrons. The molecule has 61 heavy (non-hydrogen) atoms. The highest BCUT2D eigenvalue weighted by Gasteiger charge is 2.55. The van der Waals surface area contributed by atoms with Gasteiger partial charge in [0.25, 0.3) is 8.32 Å². The van der Waals surface area contributed by atoms with E-state index in [1.165, 1.54) is 74.6 Å². The Balaban J connectivity index is 0.876. The van der Waals surface area contributed by atoms with Crippen molar-refractivity contribution in [3.63, 3.8) is 0 Å². The monoisotopic (exact) mass is 856 g/mol. The van der Waals surface area contributed by atoms with Gasteiger partial charge in [0.2, 0.25) is 0 Å². The van der Waals surface area contributed by atoms with E-state index in [1.807, 2.05) is 0 Å². The molecule has 0 radical (unpaired) electrons. The molecule has 3 saturated carbocycles. The Labute approximate surface area is 373 Å². The molecule has 0 amide bonds. The second kappa shape index (κ2) is 21.9. The molecule has 4 aliphatic carbocycles. The molecule has 2 aromatic rings. The first kappa shape index (κ1) is 47.1. The van der Waals surface area contributed by atoms with Crippen LogP contribution in [0.2, 0.25) is 5.04 Å². The Kier molecular flexibility index (Phi) is 16.9. The van der Waals surface area contributed by atoms with Gasteiger partial charge >= 0.3 is 0 Å². The first-order chi connectivity index (χ1) is 29.5. The van der Waals surface area contributed by atoms with Gasteiger partial charge in [0.05, 0.1) is 58.5 Å². The van der Waals surface area contributed by atoms with Crippen molar-refractivity contribution in [3.8, 4) is 0 Å². The highest BCUT2D eigenvalue weighted by Crippen LogP contribution is 2.63. The Morgan fingerprint density at radius 3 is 2.16 bits per heavy atom. The van der Waals surface area contributed by atoms with Gasteiger partial charge in [-0.3, -0.25) is 4.90 Å². The third-order valence-corrected chi connectivity index (χ3v) is 21.5. The number of morpholine rings is 1. The molecule has 1 heterocycles. The van der Waals surface area contributed by atoms with Gasteiger partial charge in [-0.2, -0.15) is 0 Å². The SMILES string of the molecule is CC(C)CCC[C@@H](C)[C@H]1CC[C@@H]2C1CC[C@H]1[C@H]2CC=C2CC(OCCOCCOC(CCN3CCOCC3)CO[Si](c3ccccc3)(c3ccccc3)C(C)(C)C)CC[C@@]21C. The molecule has 4 fully saturated rings. The zero-order valence-corrected chi connectivity index (χ0v) is 40.6. The lowest BCUT2D eigenvalue weighted by atomic mass is 9.50. The van der Waals surface area contributed by atoms with E-state index in [-0.39, 0.29) is 11.1 Å². The predicted molar refractivity (Wildman–Crippen MR) is 254 cm³/mol. The maximum absolute atomic E-state index is 7.36. The molecular formula is C54H85NO5Si. The van der Waals surface area contributed by atoms with E-state index < -0.39 is 8.32 Å². The van der Waals surface area contributed by atoms with Gasteiger partial charge in [-0.25, -0.2) is 0 Å². The molecule has 0 N–H and O–H groups in total. The zero-order chi connectivity index (χ0) is 42.9. The molecule has 6 nitrogen and oxygen atoms in total. The van der Waals surface area contributed by atoms with Crippen LogP contribution >= 0.6 is 0 Å². The van der Waals surface area contributed by atoms with Crippen molar-refractivity contribution in [3.05, 3.63) is 72.3 Å². The topological polar surface area (TPSA) is 49.4 Å². The molecule has 2 aromatic carbocycles. The van der Waals surface area contributed by atoms with Crippen molar-refractivity contribution in [1.82, 2.24) is 4.90 Å². The molecule has 7 heteroatoms. The number of ether oxygens (including phenoxy) is 4. The number of fused-ring (bicyclic) bond motifs is 5. The maximum Gasteiger partial charge on any atom is 0.261 e. The number of hydrogen-bond donors (Lipinski definition) is 0. The van der Waals surface area contributed by atoms with Crippen LogP contribution in [0.1, 0.15) is 126 Å². The summed E-state index contributed by atoms with van der Waals surface area (Å²) in [4.78, 5) is 2.50. The van der Waals surface area contributed by atoms with Gasteiger partial charge < -0.3 is 23.4 Å². The van der Waals surface area contributed by atoms with Crippen LogP contribution in [-0.4, -0.2) is 91.3 Å². The molecule has 1 saturated heterocycles. The van der Waals surface area contributed by atoms with Crippen LogP contribution in [0.25, 0.3) is 0 Å². The minimum absolute atomic E-state index is 0.0301. The van der Waals surface area contributed by atoms with Crippen molar-refractivity contribution in [2.45, 2.75) is 143 Å². The van der Waals surface area contributed by atoms with Gasteiger partial charge in [0, 0.05) is 19.6 Å². The van der Waals surface area contributed by atoms with E-state index in [0.717, 1.165) is 87.1 Å². The Morgan fingerprint density at radius 2 is 1.48 bits per heavy atom. The summed E-state index contributed by atoms with van der Waals surface area (Å²) in [7, 11) is -2.67. The lowest BCUT2D eigenvalue weighted by molar-refractivity contribution is -0.0559. The maximum atomic E-state index is 7.36. The summed E-state index contributed by atoms with van der Waals surface area (Å²) in [6.07, 6.45) is 19.0. The molecule has 5 aliphatic rings. The summed E-state index contributed by atoms with van der Waals surface area (Å²) in [5.74, 6) is 6.47. The normalized spacial score (nSPS) is 29.4. The predicted octanol–water partition coefficient (Wildman–Crippen LogP) is 10.7. The van der Waals surface area contributed by atoms with Gasteiger partial charge in [-0.05, 0) is 120 Å². The summed E-state index contributed by atoms with van der Waals surface area (Å²) in [6, 6.07) is 21.9. The lowest BCUT2D eigenvalue weighted by Gasteiger charge is -2.55. The molecule has 0 spiro atoms. The van der Waals surface area contributed by atoms with Crippen LogP contribution in [0.5, 0.6) is 0 Å². The number of nitrogens with zero attached hydrogens (tertiary/aromatic N) is 1. The van der Waals surface area contributed by atoms with Gasteiger partial charge in [-0.1, -0.05) is 140 Å². The van der Waals surface area contributed by atoms with Gasteiger partial charge in [0.15, 0.2) is 0 Å². The second-order valence-electron chi connectivity index (χ2n) is 21.7. The van der Waals surface area contributed by atoms with Crippen LogP contribution in [-0.2, 0) is 23.4 Å². The van der Waals surface area contributed by atoms with E-state index in [2.05, 4.69) is 120 Å². The van der Waals surface area contributed by atoms with E-state index in [9.17, 15) is 0 Å². The van der Waals surface area contributed by atoms with Crippen molar-refractivity contribution < 1.29 is 23.4 Å². The molecule has 3 unspecified atom stereocenters. The van der Waals surface area contributed by atoms with Crippen LogP contribution in [0.4, 0.5) is 0 Å². The fourth-order valence-corrected chi connectivity index (χ4v) is 17.8. The molecule has 0 bridgehead atoms. The van der Waals surface area contributed by atoms with Gasteiger partial charge in [0.1, 0.15) is 0 Å². The molecule has 9 atom stereocenters. The molecular weight excluding hydrogens is 771 g/mol. The molecule has 7 rings (SSSR count). The quantitative estimate of drug-likeness (QED) is 0.0708. The summed E-state index contributed by atoms with van der Waals surface area (Å²) in [5.41, 5.74) is 2.10. The minimum Gasteiger partial charge on any atom is -0.405 e. The first-order valence-electron chi connectivity index (χ1n) is 25.0. The zero-order valence-electron chi connectivity index (χ0n) is 39.6. The number of rotatable bonds is 21. The van der Waals surface area contributed by atoms with Crippen LogP contribution < -0.4 is 10.4 Å². The summed E-state index contributed by atoms with van der Waals surface area (Å²) < 4.78 is 32.4. The number of benzene rings is 2. The van der Waals surface area contributed by atoms with Crippen molar-refractivity contribution >= 4 is 18.7 Å².